The van der Waals surface area contributed by atoms with Gasteiger partial charge in [-0.2, -0.15) is 0 Å². The quantitative estimate of drug-likeness (QED) is 0.0730. The maximum atomic E-state index is 11.0. The molecule has 22 heteroatoms. The van der Waals surface area contributed by atoms with Gasteiger partial charge in [-0.1, -0.05) is 19.6 Å². The normalized spacial score (nSPS) is 48.5. The third-order valence-corrected chi connectivity index (χ3v) is 11.0. The minimum absolute atomic E-state index is 0.228. The molecular formula is C29H54O21Si. The lowest BCUT2D eigenvalue weighted by Crippen LogP contribution is -2.66. The van der Waals surface area contributed by atoms with Gasteiger partial charge >= 0.3 is 0 Å². The number of aliphatic hydroxyl groups excluding tert-OH is 13. The molecule has 0 aromatic rings. The van der Waals surface area contributed by atoms with Gasteiger partial charge in [0.1, 0.15) is 97.7 Å². The molecule has 0 aromatic heterocycles. The first-order valence-corrected chi connectivity index (χ1v) is 20.4. The molecule has 0 amide bonds. The van der Waals surface area contributed by atoms with Crippen LogP contribution in [0.15, 0.2) is 0 Å². The second-order valence-electron chi connectivity index (χ2n) is 14.3. The highest BCUT2D eigenvalue weighted by Gasteiger charge is 2.54. The average Bonchev–Trinajstić information content (AvgIpc) is 3.09. The predicted octanol–water partition coefficient (Wildman–Crippen LogP) is -7.39. The molecule has 13 N–H and O–H groups in total. The molecular weight excluding hydrogens is 712 g/mol. The molecule has 4 aliphatic rings. The zero-order valence-electron chi connectivity index (χ0n) is 28.4. The Kier molecular flexibility index (Phi) is 15.5. The van der Waals surface area contributed by atoms with E-state index in [0.717, 1.165) is 6.04 Å². The van der Waals surface area contributed by atoms with Crippen molar-refractivity contribution >= 4 is 8.07 Å². The third kappa shape index (κ3) is 9.98. The van der Waals surface area contributed by atoms with Gasteiger partial charge in [-0.25, -0.2) is 0 Å². The lowest BCUT2D eigenvalue weighted by atomic mass is 9.96. The number of aliphatic hydroxyl groups is 13. The molecule has 0 saturated carbocycles. The predicted molar refractivity (Wildman–Crippen MR) is 166 cm³/mol. The maximum Gasteiger partial charge on any atom is 0.187 e. The first-order chi connectivity index (χ1) is 23.9. The van der Waals surface area contributed by atoms with Crippen LogP contribution in [0.25, 0.3) is 0 Å². The first kappa shape index (κ1) is 43.1. The summed E-state index contributed by atoms with van der Waals surface area (Å²) in [4.78, 5) is 0. The van der Waals surface area contributed by atoms with E-state index in [1.807, 2.05) is 0 Å². The van der Waals surface area contributed by atoms with Crippen molar-refractivity contribution < 1.29 is 104 Å². The van der Waals surface area contributed by atoms with Crippen LogP contribution in [0.4, 0.5) is 0 Å². The van der Waals surface area contributed by atoms with Crippen LogP contribution in [0.5, 0.6) is 0 Å². The molecule has 4 aliphatic heterocycles. The Labute approximate surface area is 294 Å². The Morgan fingerprint density at radius 2 is 0.804 bits per heavy atom. The summed E-state index contributed by atoms with van der Waals surface area (Å²) in [5.41, 5.74) is 0. The summed E-state index contributed by atoms with van der Waals surface area (Å²) < 4.78 is 44.4. The van der Waals surface area contributed by atoms with Crippen LogP contribution in [0.1, 0.15) is 0 Å². The van der Waals surface area contributed by atoms with Crippen LogP contribution >= 0.6 is 0 Å². The molecule has 0 radical (unpaired) electrons. The van der Waals surface area contributed by atoms with E-state index in [2.05, 4.69) is 19.6 Å². The number of hydrogen-bond acceptors (Lipinski definition) is 21. The van der Waals surface area contributed by atoms with Gasteiger partial charge in [0, 0.05) is 14.7 Å². The topological polar surface area (TPSA) is 337 Å². The minimum atomic E-state index is -1.98. The number of rotatable bonds is 14. The largest absolute Gasteiger partial charge is 0.394 e. The number of ether oxygens (including phenoxy) is 8. The average molecular weight is 767 g/mol. The molecule has 4 rings (SSSR count). The lowest BCUT2D eigenvalue weighted by Gasteiger charge is -2.48. The molecule has 20 atom stereocenters. The van der Waals surface area contributed by atoms with Gasteiger partial charge < -0.3 is 104 Å². The summed E-state index contributed by atoms with van der Waals surface area (Å²) in [6.07, 6.45) is -33.7. The second kappa shape index (κ2) is 18.3. The van der Waals surface area contributed by atoms with Crippen molar-refractivity contribution in [2.75, 3.05) is 33.0 Å². The highest BCUT2D eigenvalue weighted by atomic mass is 28.3. The van der Waals surface area contributed by atoms with Gasteiger partial charge in [0.2, 0.25) is 0 Å². The second-order valence-corrected chi connectivity index (χ2v) is 20.0. The summed E-state index contributed by atoms with van der Waals surface area (Å²) >= 11 is 0. The van der Waals surface area contributed by atoms with E-state index in [1.54, 1.807) is 0 Å². The highest BCUT2D eigenvalue weighted by Crippen LogP contribution is 2.33. The van der Waals surface area contributed by atoms with Gasteiger partial charge in [0.15, 0.2) is 25.2 Å². The van der Waals surface area contributed by atoms with Crippen LogP contribution in [-0.2, 0) is 37.9 Å². The SMILES string of the molecule is C[Si](C)(C)CCOC1O[C@H](CO)[C@@H](O[C@H]2O[C@H](CO)[C@@H](O[C@H]3O[C@H](CO[C@H]4O[C@H](CO)[C@@H](O)[C@H](O)[C@H]4O)[C@@H](O)[C@H](O)[C@H]3O)[C@H](O)[C@H]2O)[C@H](O)[C@H]1O. The van der Waals surface area contributed by atoms with Crippen molar-refractivity contribution in [2.45, 2.75) is 149 Å². The Bertz CT molecular complexity index is 1050. The van der Waals surface area contributed by atoms with Crippen molar-refractivity contribution in [3.05, 3.63) is 0 Å². The van der Waals surface area contributed by atoms with Crippen LogP contribution in [0.3, 0.4) is 0 Å². The van der Waals surface area contributed by atoms with Crippen LogP contribution in [0, 0.1) is 0 Å². The van der Waals surface area contributed by atoms with Gasteiger partial charge in [-0.05, 0) is 6.04 Å². The standard InChI is InChI=1S/C29H54O21Si/c1-51(2,3)5-4-43-26-22(41)18(37)24(11(7-31)46-26)50-29-23(42)19(38)25(12(8-32)47-29)49-28-21(40)17(36)15(34)13(48-28)9-44-27-20(39)16(35)14(33)10(6-30)45-27/h10-42H,4-9H2,1-3H3/t10-,11-,12-,13-,14-,15-,16+,17+,18-,19-,20-,21-,22-,23-,24-,25-,26?,27+,28-,29-/m1/s1. The molecule has 21 nitrogen and oxygen atoms in total. The molecule has 0 aliphatic carbocycles. The smallest absolute Gasteiger partial charge is 0.187 e. The summed E-state index contributed by atoms with van der Waals surface area (Å²) in [5.74, 6) is 0. The van der Waals surface area contributed by atoms with Crippen molar-refractivity contribution in [1.82, 2.24) is 0 Å². The third-order valence-electron chi connectivity index (χ3n) is 9.30. The molecule has 4 heterocycles. The molecule has 51 heavy (non-hydrogen) atoms. The summed E-state index contributed by atoms with van der Waals surface area (Å²) in [6, 6.07) is 0.726. The molecule has 0 bridgehead atoms. The molecule has 0 spiro atoms. The van der Waals surface area contributed by atoms with Gasteiger partial charge in [-0.3, -0.25) is 0 Å². The summed E-state index contributed by atoms with van der Waals surface area (Å²) in [5, 5.41) is 135. The van der Waals surface area contributed by atoms with Gasteiger partial charge in [-0.15, -0.1) is 0 Å². The lowest BCUT2D eigenvalue weighted by molar-refractivity contribution is -0.381. The fourth-order valence-electron chi connectivity index (χ4n) is 6.04. The fraction of sp³-hybridized carbons (Fsp3) is 1.00. The molecule has 4 fully saturated rings. The minimum Gasteiger partial charge on any atom is -0.394 e. The zero-order valence-corrected chi connectivity index (χ0v) is 29.4. The number of hydrogen-bond donors (Lipinski definition) is 13. The van der Waals surface area contributed by atoms with Crippen molar-refractivity contribution in [1.29, 1.82) is 0 Å². The molecule has 0 aromatic carbocycles. The van der Waals surface area contributed by atoms with E-state index >= 15 is 0 Å². The monoisotopic (exact) mass is 766 g/mol. The van der Waals surface area contributed by atoms with Crippen LogP contribution < -0.4 is 0 Å². The van der Waals surface area contributed by atoms with Crippen molar-refractivity contribution in [2.24, 2.45) is 0 Å². The summed E-state index contributed by atoms with van der Waals surface area (Å²) in [7, 11) is -1.51. The molecule has 1 unspecified atom stereocenters. The van der Waals surface area contributed by atoms with Gasteiger partial charge in [0.05, 0.1) is 26.4 Å². The Balaban J connectivity index is 1.39. The van der Waals surface area contributed by atoms with Crippen LogP contribution in [-0.4, -0.2) is 230 Å². The van der Waals surface area contributed by atoms with Crippen LogP contribution in [0.2, 0.25) is 25.7 Å². The zero-order chi connectivity index (χ0) is 37.9. The molecule has 4 saturated heterocycles. The molecule has 300 valence electrons. The Morgan fingerprint density at radius 1 is 0.431 bits per heavy atom. The van der Waals surface area contributed by atoms with E-state index in [-0.39, 0.29) is 6.61 Å². The first-order valence-electron chi connectivity index (χ1n) is 16.7. The van der Waals surface area contributed by atoms with E-state index in [4.69, 9.17) is 37.9 Å². The van der Waals surface area contributed by atoms with Crippen molar-refractivity contribution in [3.8, 4) is 0 Å². The van der Waals surface area contributed by atoms with E-state index in [0.29, 0.717) is 0 Å². The van der Waals surface area contributed by atoms with E-state index in [1.165, 1.54) is 0 Å². The van der Waals surface area contributed by atoms with Crippen molar-refractivity contribution in [3.63, 3.8) is 0 Å². The fourth-order valence-corrected chi connectivity index (χ4v) is 6.77. The summed E-state index contributed by atoms with van der Waals surface area (Å²) in [6.45, 7) is 3.57. The van der Waals surface area contributed by atoms with E-state index in [9.17, 15) is 66.4 Å². The highest BCUT2D eigenvalue weighted by molar-refractivity contribution is 6.76. The Morgan fingerprint density at radius 3 is 1.29 bits per heavy atom. The maximum absolute atomic E-state index is 11.0. The van der Waals surface area contributed by atoms with Gasteiger partial charge in [0.25, 0.3) is 0 Å². The van der Waals surface area contributed by atoms with E-state index < -0.39 is 157 Å². The Hall–Kier alpha value is -0.623.